The molecule has 106 valence electrons. The van der Waals surface area contributed by atoms with Crippen molar-refractivity contribution in [2.45, 2.75) is 31.2 Å². The van der Waals surface area contributed by atoms with Crippen molar-refractivity contribution in [1.29, 1.82) is 0 Å². The third-order valence-corrected chi connectivity index (χ3v) is 4.86. The minimum atomic E-state index is -0.0763. The van der Waals surface area contributed by atoms with Crippen LogP contribution in [0.4, 0.5) is 0 Å². The van der Waals surface area contributed by atoms with Crippen LogP contribution < -0.4 is 11.1 Å². The van der Waals surface area contributed by atoms with Gasteiger partial charge in [0.15, 0.2) is 0 Å². The SMILES string of the molecule is CN(C)C1(CNC(=O)c2csc(CCN)n2)CCC1. The number of thiazole rings is 1. The number of nitrogens with two attached hydrogens (primary N) is 1. The Morgan fingerprint density at radius 3 is 2.84 bits per heavy atom. The van der Waals surface area contributed by atoms with E-state index in [1.54, 1.807) is 0 Å². The molecule has 1 amide bonds. The van der Waals surface area contributed by atoms with Crippen molar-refractivity contribution in [3.63, 3.8) is 0 Å². The lowest BCUT2D eigenvalue weighted by Gasteiger charge is -2.47. The van der Waals surface area contributed by atoms with Crippen LogP contribution in [-0.4, -0.2) is 48.5 Å². The van der Waals surface area contributed by atoms with Crippen LogP contribution in [0.25, 0.3) is 0 Å². The number of nitrogens with zero attached hydrogens (tertiary/aromatic N) is 2. The second kappa shape index (κ2) is 5.98. The monoisotopic (exact) mass is 282 g/mol. The van der Waals surface area contributed by atoms with Crippen molar-refractivity contribution in [2.75, 3.05) is 27.2 Å². The molecule has 1 fully saturated rings. The lowest BCUT2D eigenvalue weighted by Crippen LogP contribution is -2.57. The van der Waals surface area contributed by atoms with E-state index in [1.807, 2.05) is 5.38 Å². The van der Waals surface area contributed by atoms with Crippen molar-refractivity contribution < 1.29 is 4.79 Å². The molecule has 0 saturated heterocycles. The molecule has 1 saturated carbocycles. The molecule has 1 aliphatic rings. The van der Waals surface area contributed by atoms with Gasteiger partial charge in [-0.05, 0) is 39.9 Å². The molecule has 0 spiro atoms. The summed E-state index contributed by atoms with van der Waals surface area (Å²) in [4.78, 5) is 18.6. The quantitative estimate of drug-likeness (QED) is 0.812. The van der Waals surface area contributed by atoms with Gasteiger partial charge in [0.25, 0.3) is 5.91 Å². The molecule has 5 nitrogen and oxygen atoms in total. The number of amides is 1. The summed E-state index contributed by atoms with van der Waals surface area (Å²) in [6.07, 6.45) is 4.27. The van der Waals surface area contributed by atoms with Gasteiger partial charge in [-0.2, -0.15) is 0 Å². The molecule has 19 heavy (non-hydrogen) atoms. The van der Waals surface area contributed by atoms with Gasteiger partial charge in [-0.3, -0.25) is 4.79 Å². The Bertz CT molecular complexity index is 440. The van der Waals surface area contributed by atoms with Crippen LogP contribution >= 0.6 is 11.3 Å². The van der Waals surface area contributed by atoms with E-state index in [0.29, 0.717) is 18.8 Å². The first-order valence-corrected chi connectivity index (χ1v) is 7.55. The minimum absolute atomic E-state index is 0.0763. The largest absolute Gasteiger partial charge is 0.349 e. The molecule has 0 unspecified atom stereocenters. The number of hydrogen-bond donors (Lipinski definition) is 2. The van der Waals surface area contributed by atoms with Crippen LogP contribution in [0, 0.1) is 0 Å². The van der Waals surface area contributed by atoms with E-state index in [9.17, 15) is 4.79 Å². The molecule has 0 aliphatic heterocycles. The first-order valence-electron chi connectivity index (χ1n) is 6.67. The maximum atomic E-state index is 12.1. The second-order valence-corrected chi connectivity index (χ2v) is 6.26. The highest BCUT2D eigenvalue weighted by Gasteiger charge is 2.39. The van der Waals surface area contributed by atoms with Crippen molar-refractivity contribution in [3.05, 3.63) is 16.1 Å². The lowest BCUT2D eigenvalue weighted by atomic mass is 9.75. The molecule has 1 heterocycles. The van der Waals surface area contributed by atoms with Gasteiger partial charge in [0.1, 0.15) is 5.69 Å². The van der Waals surface area contributed by atoms with E-state index < -0.39 is 0 Å². The maximum Gasteiger partial charge on any atom is 0.270 e. The zero-order chi connectivity index (χ0) is 13.9. The van der Waals surface area contributed by atoms with Crippen LogP contribution in [0.2, 0.25) is 0 Å². The predicted molar refractivity (Wildman–Crippen MR) is 77.5 cm³/mol. The summed E-state index contributed by atoms with van der Waals surface area (Å²) in [7, 11) is 4.15. The van der Waals surface area contributed by atoms with E-state index >= 15 is 0 Å². The van der Waals surface area contributed by atoms with E-state index in [4.69, 9.17) is 5.73 Å². The van der Waals surface area contributed by atoms with Gasteiger partial charge in [-0.25, -0.2) is 4.98 Å². The fourth-order valence-corrected chi connectivity index (χ4v) is 3.15. The fourth-order valence-electron chi connectivity index (χ4n) is 2.36. The van der Waals surface area contributed by atoms with Crippen molar-refractivity contribution >= 4 is 17.2 Å². The Morgan fingerprint density at radius 1 is 1.58 bits per heavy atom. The molecular formula is C13H22N4OS. The Balaban J connectivity index is 1.90. The second-order valence-electron chi connectivity index (χ2n) is 5.32. The zero-order valence-corrected chi connectivity index (χ0v) is 12.4. The van der Waals surface area contributed by atoms with Gasteiger partial charge in [0.05, 0.1) is 5.01 Å². The first-order chi connectivity index (χ1) is 9.07. The molecule has 1 aromatic rings. The highest BCUT2D eigenvalue weighted by atomic mass is 32.1. The molecule has 2 rings (SSSR count). The average Bonchev–Trinajstić information content (AvgIpc) is 2.76. The third kappa shape index (κ3) is 3.13. The number of nitrogens with one attached hydrogen (secondary N) is 1. The highest BCUT2D eigenvalue weighted by Crippen LogP contribution is 2.35. The molecule has 0 radical (unpaired) electrons. The summed E-state index contributed by atoms with van der Waals surface area (Å²) in [6.45, 7) is 1.26. The summed E-state index contributed by atoms with van der Waals surface area (Å²) in [6, 6.07) is 0. The average molecular weight is 282 g/mol. The smallest absolute Gasteiger partial charge is 0.270 e. The highest BCUT2D eigenvalue weighted by molar-refractivity contribution is 7.09. The van der Waals surface area contributed by atoms with Gasteiger partial charge in [0, 0.05) is 23.9 Å². The summed E-state index contributed by atoms with van der Waals surface area (Å²) in [5, 5.41) is 5.75. The third-order valence-electron chi connectivity index (χ3n) is 3.95. The van der Waals surface area contributed by atoms with Crippen molar-refractivity contribution in [1.82, 2.24) is 15.2 Å². The Hall–Kier alpha value is -0.980. The van der Waals surface area contributed by atoms with Gasteiger partial charge in [-0.1, -0.05) is 0 Å². The van der Waals surface area contributed by atoms with E-state index in [2.05, 4.69) is 29.3 Å². The molecule has 6 heteroatoms. The Labute approximate surface area is 118 Å². The van der Waals surface area contributed by atoms with E-state index in [-0.39, 0.29) is 11.4 Å². The summed E-state index contributed by atoms with van der Waals surface area (Å²) >= 11 is 1.50. The zero-order valence-electron chi connectivity index (χ0n) is 11.6. The van der Waals surface area contributed by atoms with Crippen LogP contribution in [0.5, 0.6) is 0 Å². The Morgan fingerprint density at radius 2 is 2.32 bits per heavy atom. The molecule has 0 aromatic carbocycles. The fraction of sp³-hybridized carbons (Fsp3) is 0.692. The minimum Gasteiger partial charge on any atom is -0.349 e. The Kier molecular flexibility index (Phi) is 4.54. The first kappa shape index (κ1) is 14.4. The molecule has 1 aliphatic carbocycles. The summed E-state index contributed by atoms with van der Waals surface area (Å²) < 4.78 is 0. The standard InChI is InChI=1S/C13H22N4OS/c1-17(2)13(5-3-6-13)9-15-12(18)10-8-19-11(16-10)4-7-14/h8H,3-7,9,14H2,1-2H3,(H,15,18). The van der Waals surface area contributed by atoms with Crippen LogP contribution in [0.15, 0.2) is 5.38 Å². The van der Waals surface area contributed by atoms with Gasteiger partial charge in [-0.15, -0.1) is 11.3 Å². The molecule has 0 atom stereocenters. The van der Waals surface area contributed by atoms with Crippen molar-refractivity contribution in [2.24, 2.45) is 5.73 Å². The van der Waals surface area contributed by atoms with E-state index in [0.717, 1.165) is 24.3 Å². The van der Waals surface area contributed by atoms with Crippen LogP contribution in [0.3, 0.4) is 0 Å². The van der Waals surface area contributed by atoms with Gasteiger partial charge < -0.3 is 16.0 Å². The van der Waals surface area contributed by atoms with Crippen LogP contribution in [0.1, 0.15) is 34.8 Å². The number of carbonyl (C=O) groups is 1. The number of hydrogen-bond acceptors (Lipinski definition) is 5. The summed E-state index contributed by atoms with van der Waals surface area (Å²) in [5.41, 5.74) is 6.14. The molecule has 1 aromatic heterocycles. The van der Waals surface area contributed by atoms with Gasteiger partial charge in [0.2, 0.25) is 0 Å². The number of aromatic nitrogens is 1. The number of rotatable bonds is 6. The van der Waals surface area contributed by atoms with Crippen LogP contribution in [-0.2, 0) is 6.42 Å². The van der Waals surface area contributed by atoms with Crippen molar-refractivity contribution in [3.8, 4) is 0 Å². The van der Waals surface area contributed by atoms with Gasteiger partial charge >= 0.3 is 0 Å². The topological polar surface area (TPSA) is 71.2 Å². The molecule has 3 N–H and O–H groups in total. The molecular weight excluding hydrogens is 260 g/mol. The number of likely N-dealkylation sites (N-methyl/N-ethyl adjacent to an activating group) is 1. The lowest BCUT2D eigenvalue weighted by molar-refractivity contribution is 0.0556. The van der Waals surface area contributed by atoms with E-state index in [1.165, 1.54) is 17.8 Å². The predicted octanol–water partition coefficient (Wildman–Crippen LogP) is 0.858. The summed E-state index contributed by atoms with van der Waals surface area (Å²) in [5.74, 6) is -0.0763. The maximum absolute atomic E-state index is 12.1. The number of carbonyl (C=O) groups excluding carboxylic acids is 1. The normalized spacial score (nSPS) is 17.3. The molecule has 0 bridgehead atoms.